The molecule has 0 aromatic carbocycles. The van der Waals surface area contributed by atoms with Crippen molar-refractivity contribution in [1.82, 2.24) is 0 Å². The first-order chi connectivity index (χ1) is 5.30. The topological polar surface area (TPSA) is 0 Å². The summed E-state index contributed by atoms with van der Waals surface area (Å²) in [6.07, 6.45) is 10.9. The minimum absolute atomic E-state index is 0.841. The minimum Gasteiger partial charge on any atom is -0.0853 e. The van der Waals surface area contributed by atoms with Crippen LogP contribution in [0.25, 0.3) is 0 Å². The maximum absolute atomic E-state index is 2.44. The van der Waals surface area contributed by atoms with Crippen molar-refractivity contribution in [3.63, 3.8) is 0 Å². The molecule has 0 nitrogen and oxygen atoms in total. The van der Waals surface area contributed by atoms with Crippen LogP contribution in [-0.4, -0.2) is 0 Å². The van der Waals surface area contributed by atoms with Gasteiger partial charge in [-0.25, -0.2) is 0 Å². The average molecular weight is 152 g/mol. The number of hydrogen-bond acceptors (Lipinski definition) is 0. The third kappa shape index (κ3) is 3.09. The van der Waals surface area contributed by atoms with Gasteiger partial charge in [-0.1, -0.05) is 37.8 Å². The number of allylic oxidation sites excluding steroid dienone is 2. The van der Waals surface area contributed by atoms with Gasteiger partial charge in [-0.2, -0.15) is 0 Å². The molecule has 0 bridgehead atoms. The van der Waals surface area contributed by atoms with Crippen molar-refractivity contribution in [2.45, 2.75) is 52.4 Å². The van der Waals surface area contributed by atoms with E-state index < -0.39 is 0 Å². The summed E-state index contributed by atoms with van der Waals surface area (Å²) in [4.78, 5) is 0. The Bertz CT molecular complexity index is 133. The van der Waals surface area contributed by atoms with Gasteiger partial charge in [0, 0.05) is 0 Å². The molecule has 11 heavy (non-hydrogen) atoms. The second-order valence-corrected chi connectivity index (χ2v) is 3.84. The molecule has 0 spiro atoms. The van der Waals surface area contributed by atoms with Crippen LogP contribution in [0.15, 0.2) is 11.6 Å². The molecule has 0 fully saturated rings. The van der Waals surface area contributed by atoms with Gasteiger partial charge in [0.25, 0.3) is 0 Å². The lowest BCUT2D eigenvalue weighted by Crippen LogP contribution is -1.95. The Hall–Kier alpha value is -0.260. The normalized spacial score (nSPS) is 28.2. The molecule has 0 heteroatoms. The van der Waals surface area contributed by atoms with E-state index in [-0.39, 0.29) is 0 Å². The first kappa shape index (κ1) is 8.83. The molecule has 0 saturated heterocycles. The molecule has 0 radical (unpaired) electrons. The van der Waals surface area contributed by atoms with Crippen molar-refractivity contribution >= 4 is 0 Å². The summed E-state index contributed by atoms with van der Waals surface area (Å²) in [6, 6.07) is 0. The molecule has 0 amide bonds. The van der Waals surface area contributed by atoms with Crippen molar-refractivity contribution in [3.8, 4) is 0 Å². The summed E-state index contributed by atoms with van der Waals surface area (Å²) in [5.41, 5.74) is 1.62. The molecular weight excluding hydrogens is 132 g/mol. The molecule has 0 aromatic heterocycles. The second kappa shape index (κ2) is 4.58. The van der Waals surface area contributed by atoms with Gasteiger partial charge in [-0.3, -0.25) is 0 Å². The van der Waals surface area contributed by atoms with Crippen molar-refractivity contribution in [2.24, 2.45) is 5.92 Å². The summed E-state index contributed by atoms with van der Waals surface area (Å²) in [6.45, 7) is 4.65. The van der Waals surface area contributed by atoms with E-state index >= 15 is 0 Å². The second-order valence-electron chi connectivity index (χ2n) is 3.84. The van der Waals surface area contributed by atoms with Crippen LogP contribution in [-0.2, 0) is 0 Å². The van der Waals surface area contributed by atoms with Gasteiger partial charge in [-0.15, -0.1) is 0 Å². The highest BCUT2D eigenvalue weighted by Crippen LogP contribution is 2.21. The van der Waals surface area contributed by atoms with Crippen LogP contribution in [0.1, 0.15) is 52.4 Å². The molecule has 1 rings (SSSR count). The van der Waals surface area contributed by atoms with E-state index in [2.05, 4.69) is 19.9 Å². The van der Waals surface area contributed by atoms with Crippen LogP contribution >= 0.6 is 0 Å². The van der Waals surface area contributed by atoms with Crippen LogP contribution in [0.4, 0.5) is 0 Å². The minimum atomic E-state index is 0.841. The van der Waals surface area contributed by atoms with Gasteiger partial charge in [0.2, 0.25) is 0 Å². The van der Waals surface area contributed by atoms with Crippen LogP contribution in [0.2, 0.25) is 0 Å². The fraction of sp³-hybridized carbons (Fsp3) is 0.818. The molecule has 64 valence electrons. The Morgan fingerprint density at radius 2 is 1.91 bits per heavy atom. The van der Waals surface area contributed by atoms with Crippen LogP contribution < -0.4 is 0 Å². The van der Waals surface area contributed by atoms with Crippen LogP contribution in [0, 0.1) is 5.92 Å². The zero-order chi connectivity index (χ0) is 8.10. The summed E-state index contributed by atoms with van der Waals surface area (Å²) < 4.78 is 0. The Balaban J connectivity index is 2.44. The highest BCUT2D eigenvalue weighted by Gasteiger charge is 2.05. The first-order valence-corrected chi connectivity index (χ1v) is 4.97. The van der Waals surface area contributed by atoms with Crippen molar-refractivity contribution in [1.29, 1.82) is 0 Å². The van der Waals surface area contributed by atoms with Crippen molar-refractivity contribution in [3.05, 3.63) is 11.6 Å². The predicted octanol–water partition coefficient (Wildman–Crippen LogP) is 3.92. The summed E-state index contributed by atoms with van der Waals surface area (Å²) in [5, 5.41) is 0. The van der Waals surface area contributed by atoms with Gasteiger partial charge in [-0.05, 0) is 32.1 Å². The maximum atomic E-state index is 2.44. The first-order valence-electron chi connectivity index (χ1n) is 4.97. The van der Waals surface area contributed by atoms with E-state index in [4.69, 9.17) is 0 Å². The Labute approximate surface area is 70.7 Å². The highest BCUT2D eigenvalue weighted by atomic mass is 14.1. The molecule has 0 N–H and O–H groups in total. The lowest BCUT2D eigenvalue weighted by molar-refractivity contribution is 0.550. The average Bonchev–Trinajstić information content (AvgIpc) is 2.07. The molecule has 0 aromatic rings. The molecule has 0 saturated carbocycles. The fourth-order valence-corrected chi connectivity index (χ4v) is 1.71. The highest BCUT2D eigenvalue weighted by molar-refractivity contribution is 5.02. The van der Waals surface area contributed by atoms with E-state index in [1.165, 1.54) is 38.5 Å². The monoisotopic (exact) mass is 152 g/mol. The summed E-state index contributed by atoms with van der Waals surface area (Å²) >= 11 is 0. The molecule has 0 heterocycles. The lowest BCUT2D eigenvalue weighted by Gasteiger charge is -2.09. The summed E-state index contributed by atoms with van der Waals surface area (Å²) in [5.74, 6) is 0.841. The van der Waals surface area contributed by atoms with Crippen LogP contribution in [0.3, 0.4) is 0 Å². The third-order valence-electron chi connectivity index (χ3n) is 2.83. The standard InChI is InChI=1S/C11H20/c1-10-8-6-4-3-5-7-9-11(10)2/h8,11H,3-7,9H2,1-2H3. The largest absolute Gasteiger partial charge is 0.0853 e. The Morgan fingerprint density at radius 3 is 2.73 bits per heavy atom. The van der Waals surface area contributed by atoms with Gasteiger partial charge < -0.3 is 0 Å². The van der Waals surface area contributed by atoms with Gasteiger partial charge in [0.1, 0.15) is 0 Å². The van der Waals surface area contributed by atoms with Crippen LogP contribution in [0.5, 0.6) is 0 Å². The van der Waals surface area contributed by atoms with Gasteiger partial charge in [0.05, 0.1) is 0 Å². The molecule has 1 unspecified atom stereocenters. The molecule has 1 atom stereocenters. The van der Waals surface area contributed by atoms with E-state index in [0.29, 0.717) is 0 Å². The Morgan fingerprint density at radius 1 is 1.18 bits per heavy atom. The van der Waals surface area contributed by atoms with Gasteiger partial charge in [0.15, 0.2) is 0 Å². The molecule has 1 aliphatic carbocycles. The number of rotatable bonds is 0. The SMILES string of the molecule is CC1=CCCCCCCC1C. The van der Waals surface area contributed by atoms with Gasteiger partial charge >= 0.3 is 0 Å². The zero-order valence-electron chi connectivity index (χ0n) is 7.90. The molecular formula is C11H20. The van der Waals surface area contributed by atoms with E-state index in [1.807, 2.05) is 0 Å². The smallest absolute Gasteiger partial charge is 0.0234 e. The Kier molecular flexibility index (Phi) is 3.68. The quantitative estimate of drug-likeness (QED) is 0.461. The van der Waals surface area contributed by atoms with E-state index in [0.717, 1.165) is 5.92 Å². The number of hydrogen-bond donors (Lipinski definition) is 0. The third-order valence-corrected chi connectivity index (χ3v) is 2.83. The van der Waals surface area contributed by atoms with Crippen molar-refractivity contribution in [2.75, 3.05) is 0 Å². The zero-order valence-corrected chi connectivity index (χ0v) is 7.90. The fourth-order valence-electron chi connectivity index (χ4n) is 1.71. The molecule has 1 aliphatic rings. The van der Waals surface area contributed by atoms with E-state index in [9.17, 15) is 0 Å². The lowest BCUT2D eigenvalue weighted by atomic mass is 9.97. The van der Waals surface area contributed by atoms with E-state index in [1.54, 1.807) is 5.57 Å². The maximum Gasteiger partial charge on any atom is -0.0234 e. The predicted molar refractivity (Wildman–Crippen MR) is 50.6 cm³/mol. The van der Waals surface area contributed by atoms with Crippen molar-refractivity contribution < 1.29 is 0 Å². The molecule has 0 aliphatic heterocycles. The summed E-state index contributed by atoms with van der Waals surface area (Å²) in [7, 11) is 0.